The molecule has 1 unspecified atom stereocenters. The van der Waals surface area contributed by atoms with Crippen molar-refractivity contribution >= 4 is 0 Å². The van der Waals surface area contributed by atoms with E-state index in [1.165, 1.54) is 32.1 Å². The third kappa shape index (κ3) is 7.64. The van der Waals surface area contributed by atoms with Gasteiger partial charge in [0, 0.05) is 0 Å². The van der Waals surface area contributed by atoms with Gasteiger partial charge in [0.05, 0.1) is 0 Å². The maximum absolute atomic E-state index is 2.34. The van der Waals surface area contributed by atoms with Crippen LogP contribution in [0, 0.1) is 5.92 Å². The fourth-order valence-electron chi connectivity index (χ4n) is 1.07. The first kappa shape index (κ1) is 10.7. The van der Waals surface area contributed by atoms with Gasteiger partial charge in [-0.3, -0.25) is 0 Å². The highest BCUT2D eigenvalue weighted by Crippen LogP contribution is 2.10. The van der Waals surface area contributed by atoms with Crippen LogP contribution in [0.1, 0.15) is 52.9 Å². The first-order valence-corrected chi connectivity index (χ1v) is 4.96. The Hall–Kier alpha value is -0.260. The van der Waals surface area contributed by atoms with Gasteiger partial charge in [-0.05, 0) is 25.2 Å². The molecule has 0 aliphatic rings. The Bertz CT molecular complexity index is 92.2. The fourth-order valence-corrected chi connectivity index (χ4v) is 1.07. The van der Waals surface area contributed by atoms with Crippen molar-refractivity contribution in [3.05, 3.63) is 12.2 Å². The standard InChI is InChI=1S/C11H22/c1-4-6-7-8-9-10-11(3)5-2/h6-7,11H,4-5,8-10H2,1-3H3. The number of allylic oxidation sites excluding steroid dienone is 2. The topological polar surface area (TPSA) is 0 Å². The van der Waals surface area contributed by atoms with E-state index in [2.05, 4.69) is 32.9 Å². The van der Waals surface area contributed by atoms with E-state index in [0.29, 0.717) is 0 Å². The van der Waals surface area contributed by atoms with Crippen LogP contribution in [0.25, 0.3) is 0 Å². The summed E-state index contributed by atoms with van der Waals surface area (Å²) in [5.41, 5.74) is 0. The van der Waals surface area contributed by atoms with Gasteiger partial charge in [-0.2, -0.15) is 0 Å². The molecule has 0 nitrogen and oxygen atoms in total. The average Bonchev–Trinajstić information content (AvgIpc) is 2.04. The van der Waals surface area contributed by atoms with Gasteiger partial charge < -0.3 is 0 Å². The number of hydrogen-bond donors (Lipinski definition) is 0. The van der Waals surface area contributed by atoms with Crippen LogP contribution in [-0.4, -0.2) is 0 Å². The third-order valence-corrected chi connectivity index (χ3v) is 2.17. The molecule has 0 saturated carbocycles. The summed E-state index contributed by atoms with van der Waals surface area (Å²) >= 11 is 0. The summed E-state index contributed by atoms with van der Waals surface area (Å²) in [6.07, 6.45) is 11.1. The van der Waals surface area contributed by atoms with Crippen molar-refractivity contribution in [2.75, 3.05) is 0 Å². The molecule has 0 aliphatic carbocycles. The molecule has 0 heterocycles. The Balaban J connectivity index is 3.07. The summed E-state index contributed by atoms with van der Waals surface area (Å²) < 4.78 is 0. The number of rotatable bonds is 6. The Kier molecular flexibility index (Phi) is 7.66. The second-order valence-corrected chi connectivity index (χ2v) is 3.32. The molecule has 0 amide bonds. The lowest BCUT2D eigenvalue weighted by Gasteiger charge is -2.05. The minimum Gasteiger partial charge on any atom is -0.0888 e. The van der Waals surface area contributed by atoms with Gasteiger partial charge in [0.25, 0.3) is 0 Å². The predicted molar refractivity (Wildman–Crippen MR) is 52.7 cm³/mol. The Labute approximate surface area is 71.7 Å². The van der Waals surface area contributed by atoms with Gasteiger partial charge in [-0.25, -0.2) is 0 Å². The van der Waals surface area contributed by atoms with Gasteiger partial charge in [-0.15, -0.1) is 0 Å². The predicted octanol–water partition coefficient (Wildman–Crippen LogP) is 4.17. The van der Waals surface area contributed by atoms with E-state index in [1.807, 2.05) is 0 Å². The van der Waals surface area contributed by atoms with E-state index in [4.69, 9.17) is 0 Å². The van der Waals surface area contributed by atoms with Crippen molar-refractivity contribution in [2.45, 2.75) is 52.9 Å². The Morgan fingerprint density at radius 1 is 1.18 bits per heavy atom. The molecule has 11 heavy (non-hydrogen) atoms. The zero-order chi connectivity index (χ0) is 8.53. The maximum atomic E-state index is 2.34. The number of unbranched alkanes of at least 4 members (excludes halogenated alkanes) is 1. The highest BCUT2D eigenvalue weighted by atomic mass is 14.0. The molecule has 66 valence electrons. The molecule has 0 bridgehead atoms. The van der Waals surface area contributed by atoms with E-state index < -0.39 is 0 Å². The molecule has 0 aromatic rings. The number of hydrogen-bond acceptors (Lipinski definition) is 0. The normalized spacial score (nSPS) is 14.1. The van der Waals surface area contributed by atoms with E-state index in [9.17, 15) is 0 Å². The quantitative estimate of drug-likeness (QED) is 0.398. The van der Waals surface area contributed by atoms with Crippen LogP contribution in [0.5, 0.6) is 0 Å². The molecule has 0 fully saturated rings. The zero-order valence-electron chi connectivity index (χ0n) is 8.27. The van der Waals surface area contributed by atoms with Crippen molar-refractivity contribution in [1.29, 1.82) is 0 Å². The first-order valence-electron chi connectivity index (χ1n) is 4.96. The SMILES string of the molecule is CCC=CCCCC(C)CC. The molecular weight excluding hydrogens is 132 g/mol. The van der Waals surface area contributed by atoms with Crippen LogP contribution < -0.4 is 0 Å². The lowest BCUT2D eigenvalue weighted by atomic mass is 10.0. The van der Waals surface area contributed by atoms with Crippen molar-refractivity contribution in [1.82, 2.24) is 0 Å². The third-order valence-electron chi connectivity index (χ3n) is 2.17. The minimum atomic E-state index is 0.921. The second kappa shape index (κ2) is 7.84. The summed E-state index contributed by atoms with van der Waals surface area (Å²) in [6.45, 7) is 6.79. The van der Waals surface area contributed by atoms with E-state index >= 15 is 0 Å². The first-order chi connectivity index (χ1) is 5.31. The fraction of sp³-hybridized carbons (Fsp3) is 0.818. The van der Waals surface area contributed by atoms with E-state index in [-0.39, 0.29) is 0 Å². The summed E-state index contributed by atoms with van der Waals surface area (Å²) in [7, 11) is 0. The molecule has 0 rings (SSSR count). The monoisotopic (exact) mass is 154 g/mol. The van der Waals surface area contributed by atoms with Crippen molar-refractivity contribution < 1.29 is 0 Å². The van der Waals surface area contributed by atoms with Gasteiger partial charge in [-0.1, -0.05) is 45.8 Å². The molecule has 0 spiro atoms. The highest BCUT2D eigenvalue weighted by molar-refractivity contribution is 4.79. The Morgan fingerprint density at radius 2 is 1.91 bits per heavy atom. The lowest BCUT2D eigenvalue weighted by Crippen LogP contribution is -1.90. The van der Waals surface area contributed by atoms with E-state index in [1.54, 1.807) is 0 Å². The van der Waals surface area contributed by atoms with Crippen LogP contribution in [0.15, 0.2) is 12.2 Å². The van der Waals surface area contributed by atoms with Gasteiger partial charge >= 0.3 is 0 Å². The van der Waals surface area contributed by atoms with E-state index in [0.717, 1.165) is 5.92 Å². The van der Waals surface area contributed by atoms with Gasteiger partial charge in [0.15, 0.2) is 0 Å². The second-order valence-electron chi connectivity index (χ2n) is 3.32. The maximum Gasteiger partial charge on any atom is -0.0351 e. The van der Waals surface area contributed by atoms with Gasteiger partial charge in [0.2, 0.25) is 0 Å². The van der Waals surface area contributed by atoms with Gasteiger partial charge in [0.1, 0.15) is 0 Å². The van der Waals surface area contributed by atoms with Crippen LogP contribution >= 0.6 is 0 Å². The summed E-state index contributed by atoms with van der Waals surface area (Å²) in [4.78, 5) is 0. The molecule has 0 aromatic carbocycles. The molecule has 0 heteroatoms. The Morgan fingerprint density at radius 3 is 2.45 bits per heavy atom. The molecule has 0 N–H and O–H groups in total. The smallest absolute Gasteiger partial charge is 0.0351 e. The molecular formula is C11H22. The largest absolute Gasteiger partial charge is 0.0888 e. The molecule has 0 aromatic heterocycles. The van der Waals surface area contributed by atoms with Crippen molar-refractivity contribution in [3.63, 3.8) is 0 Å². The molecule has 0 saturated heterocycles. The highest BCUT2D eigenvalue weighted by Gasteiger charge is 1.95. The minimum absolute atomic E-state index is 0.921. The molecule has 0 aliphatic heterocycles. The van der Waals surface area contributed by atoms with Crippen LogP contribution in [0.4, 0.5) is 0 Å². The van der Waals surface area contributed by atoms with Crippen molar-refractivity contribution in [2.24, 2.45) is 5.92 Å². The summed E-state index contributed by atoms with van der Waals surface area (Å²) in [5, 5.41) is 0. The van der Waals surface area contributed by atoms with Crippen molar-refractivity contribution in [3.8, 4) is 0 Å². The average molecular weight is 154 g/mol. The van der Waals surface area contributed by atoms with Crippen LogP contribution in [0.2, 0.25) is 0 Å². The van der Waals surface area contributed by atoms with Crippen LogP contribution in [0.3, 0.4) is 0 Å². The molecule has 0 radical (unpaired) electrons. The van der Waals surface area contributed by atoms with Crippen LogP contribution in [-0.2, 0) is 0 Å². The summed E-state index contributed by atoms with van der Waals surface area (Å²) in [6, 6.07) is 0. The lowest BCUT2D eigenvalue weighted by molar-refractivity contribution is 0.498. The molecule has 1 atom stereocenters. The summed E-state index contributed by atoms with van der Waals surface area (Å²) in [5.74, 6) is 0.921. The zero-order valence-corrected chi connectivity index (χ0v) is 8.27.